The van der Waals surface area contributed by atoms with Crippen LogP contribution < -0.4 is 0 Å². The molecule has 0 aliphatic rings. The Morgan fingerprint density at radius 1 is 0.290 bits per heavy atom. The highest BCUT2D eigenvalue weighted by molar-refractivity contribution is 5.71. The zero-order valence-electron chi connectivity index (χ0n) is 45.0. The van der Waals surface area contributed by atoms with Gasteiger partial charge in [0.15, 0.2) is 6.10 Å². The van der Waals surface area contributed by atoms with Gasteiger partial charge in [-0.1, -0.05) is 214 Å². The smallest absolute Gasteiger partial charge is 0.306 e. The number of carbonyl (C=O) groups excluding carboxylic acids is 3. The molecule has 0 amide bonds. The fraction of sp³-hybridized carbons (Fsp3) is 0.698. The van der Waals surface area contributed by atoms with E-state index in [1.807, 2.05) is 0 Å². The van der Waals surface area contributed by atoms with E-state index in [9.17, 15) is 14.4 Å². The van der Waals surface area contributed by atoms with Gasteiger partial charge in [0.2, 0.25) is 0 Å². The molecule has 0 aromatic heterocycles. The van der Waals surface area contributed by atoms with Crippen LogP contribution in [0.15, 0.2) is 97.2 Å². The number of hydrogen-bond donors (Lipinski definition) is 0. The van der Waals surface area contributed by atoms with E-state index in [0.717, 1.165) is 122 Å². The summed E-state index contributed by atoms with van der Waals surface area (Å²) in [4.78, 5) is 38.1. The number of carbonyl (C=O) groups is 3. The summed E-state index contributed by atoms with van der Waals surface area (Å²) in [5.74, 6) is -0.960. The molecule has 0 bridgehead atoms. The summed E-state index contributed by atoms with van der Waals surface area (Å²) in [5, 5.41) is 0. The quantitative estimate of drug-likeness (QED) is 0.0262. The minimum atomic E-state index is -0.806. The molecule has 0 aromatic carbocycles. The summed E-state index contributed by atoms with van der Waals surface area (Å²) in [6.45, 7) is 6.53. The average Bonchev–Trinajstić information content (AvgIpc) is 3.35. The van der Waals surface area contributed by atoms with Gasteiger partial charge in [0.05, 0.1) is 0 Å². The third-order valence-electron chi connectivity index (χ3n) is 12.0. The van der Waals surface area contributed by atoms with Crippen molar-refractivity contribution < 1.29 is 28.6 Å². The molecule has 0 N–H and O–H groups in total. The van der Waals surface area contributed by atoms with Crippen LogP contribution in [0.5, 0.6) is 0 Å². The molecule has 0 aliphatic heterocycles. The van der Waals surface area contributed by atoms with Gasteiger partial charge in [0.25, 0.3) is 0 Å². The van der Waals surface area contributed by atoms with Crippen molar-refractivity contribution in [3.8, 4) is 0 Å². The number of rotatable bonds is 51. The van der Waals surface area contributed by atoms with Crippen LogP contribution in [0.4, 0.5) is 0 Å². The summed E-state index contributed by atoms with van der Waals surface area (Å²) >= 11 is 0. The highest BCUT2D eigenvalue weighted by atomic mass is 16.6. The Morgan fingerprint density at radius 2 is 0.522 bits per heavy atom. The first kappa shape index (κ1) is 65.3. The van der Waals surface area contributed by atoms with Gasteiger partial charge in [-0.3, -0.25) is 14.4 Å². The highest BCUT2D eigenvalue weighted by Crippen LogP contribution is 2.13. The Balaban J connectivity index is 4.50. The predicted octanol–water partition coefficient (Wildman–Crippen LogP) is 19.3. The van der Waals surface area contributed by atoms with Crippen LogP contribution in [-0.2, 0) is 28.6 Å². The van der Waals surface area contributed by atoms with Crippen molar-refractivity contribution in [3.63, 3.8) is 0 Å². The van der Waals surface area contributed by atoms with E-state index in [4.69, 9.17) is 14.2 Å². The summed E-state index contributed by atoms with van der Waals surface area (Å²) in [6, 6.07) is 0. The number of ether oxygens (including phenoxy) is 3. The molecule has 0 radical (unpaired) electrons. The summed E-state index contributed by atoms with van der Waals surface area (Å²) in [5.41, 5.74) is 0. The van der Waals surface area contributed by atoms with E-state index in [2.05, 4.69) is 118 Å². The molecule has 0 spiro atoms. The number of unbranched alkanes of at least 4 members (excludes halogenated alkanes) is 24. The standard InChI is InChI=1S/C63H106O6/c1-4-7-10-13-16-19-22-25-28-30-31-33-36-38-41-44-47-50-53-56-62(65)68-59-60(69-63(66)57-54-51-48-45-42-39-34-27-24-21-18-15-12-9-6-3)58-67-61(64)55-52-49-46-43-40-37-35-32-29-26-23-20-17-14-11-8-5-2/h16-17,19-20,25-29,31,33-35,37-38,41,60H,4-15,18,21-24,30,32,36,39-40,42-59H2,1-3H3/b19-16-,20-17-,28-25-,29-26-,33-31-,34-27-,37-35-,41-38-/t60-/m0/s1. The van der Waals surface area contributed by atoms with Crippen molar-refractivity contribution in [2.24, 2.45) is 0 Å². The van der Waals surface area contributed by atoms with Gasteiger partial charge < -0.3 is 14.2 Å². The topological polar surface area (TPSA) is 78.9 Å². The van der Waals surface area contributed by atoms with Crippen LogP contribution >= 0.6 is 0 Å². The van der Waals surface area contributed by atoms with Crippen molar-refractivity contribution >= 4 is 17.9 Å². The van der Waals surface area contributed by atoms with E-state index in [0.29, 0.717) is 19.3 Å². The molecule has 6 nitrogen and oxygen atoms in total. The average molecular weight is 960 g/mol. The molecule has 394 valence electrons. The van der Waals surface area contributed by atoms with Crippen molar-refractivity contribution in [1.29, 1.82) is 0 Å². The van der Waals surface area contributed by atoms with E-state index < -0.39 is 6.10 Å². The second-order valence-electron chi connectivity index (χ2n) is 18.8. The highest BCUT2D eigenvalue weighted by Gasteiger charge is 2.19. The number of allylic oxidation sites excluding steroid dienone is 16. The van der Waals surface area contributed by atoms with Crippen LogP contribution in [0.2, 0.25) is 0 Å². The molecule has 1 atom stereocenters. The maximum absolute atomic E-state index is 12.8. The first-order chi connectivity index (χ1) is 34.0. The predicted molar refractivity (Wildman–Crippen MR) is 297 cm³/mol. The van der Waals surface area contributed by atoms with Crippen molar-refractivity contribution in [3.05, 3.63) is 97.2 Å². The first-order valence-corrected chi connectivity index (χ1v) is 28.7. The molecule has 0 unspecified atom stereocenters. The largest absolute Gasteiger partial charge is 0.462 e. The van der Waals surface area contributed by atoms with E-state index >= 15 is 0 Å². The van der Waals surface area contributed by atoms with Gasteiger partial charge in [0, 0.05) is 19.3 Å². The molecule has 0 aromatic rings. The van der Waals surface area contributed by atoms with Crippen LogP contribution in [0.25, 0.3) is 0 Å². The Morgan fingerprint density at radius 3 is 0.870 bits per heavy atom. The van der Waals surface area contributed by atoms with E-state index in [1.165, 1.54) is 103 Å². The minimum absolute atomic E-state index is 0.103. The normalized spacial score (nSPS) is 12.8. The summed E-state index contributed by atoms with van der Waals surface area (Å²) in [7, 11) is 0. The fourth-order valence-electron chi connectivity index (χ4n) is 7.66. The van der Waals surface area contributed by atoms with Crippen LogP contribution in [0.3, 0.4) is 0 Å². The maximum atomic E-state index is 12.8. The Labute approximate surface area is 426 Å². The van der Waals surface area contributed by atoms with E-state index in [1.54, 1.807) is 0 Å². The molecule has 0 aliphatic carbocycles. The SMILES string of the molecule is CCCCC/C=C\C/C=C\C/C=C\C/C=C\CCCCCC(=O)OC[C@H](COC(=O)CCCCCC/C=C\C/C=C\C/C=C\CCCCC)OC(=O)CCCCCCC/C=C\CCCCCCCC. The molecule has 0 fully saturated rings. The fourth-order valence-corrected chi connectivity index (χ4v) is 7.66. The number of esters is 3. The van der Waals surface area contributed by atoms with Gasteiger partial charge in [-0.15, -0.1) is 0 Å². The van der Waals surface area contributed by atoms with Gasteiger partial charge in [0.1, 0.15) is 13.2 Å². The monoisotopic (exact) mass is 959 g/mol. The van der Waals surface area contributed by atoms with Gasteiger partial charge >= 0.3 is 17.9 Å². The zero-order valence-corrected chi connectivity index (χ0v) is 45.0. The van der Waals surface area contributed by atoms with Crippen LogP contribution in [0.1, 0.15) is 265 Å². The van der Waals surface area contributed by atoms with Crippen molar-refractivity contribution in [2.45, 2.75) is 271 Å². The number of hydrogen-bond acceptors (Lipinski definition) is 6. The molecule has 0 saturated carbocycles. The molecule has 0 rings (SSSR count). The lowest BCUT2D eigenvalue weighted by Crippen LogP contribution is -2.30. The Bertz CT molecular complexity index is 1380. The van der Waals surface area contributed by atoms with Crippen LogP contribution in [-0.4, -0.2) is 37.2 Å². The molecule has 6 heteroatoms. The zero-order chi connectivity index (χ0) is 50.0. The lowest BCUT2D eigenvalue weighted by molar-refractivity contribution is -0.167. The summed E-state index contributed by atoms with van der Waals surface area (Å²) < 4.78 is 16.8. The lowest BCUT2D eigenvalue weighted by atomic mass is 10.1. The molecule has 0 heterocycles. The van der Waals surface area contributed by atoms with Crippen molar-refractivity contribution in [1.82, 2.24) is 0 Å². The van der Waals surface area contributed by atoms with Crippen LogP contribution in [0, 0.1) is 0 Å². The lowest BCUT2D eigenvalue weighted by Gasteiger charge is -2.18. The molecule has 69 heavy (non-hydrogen) atoms. The van der Waals surface area contributed by atoms with E-state index in [-0.39, 0.29) is 31.1 Å². The van der Waals surface area contributed by atoms with Gasteiger partial charge in [-0.2, -0.15) is 0 Å². The van der Waals surface area contributed by atoms with Crippen molar-refractivity contribution in [2.75, 3.05) is 13.2 Å². The molecule has 0 saturated heterocycles. The maximum Gasteiger partial charge on any atom is 0.306 e. The Hall–Kier alpha value is -3.67. The molecular formula is C63H106O6. The summed E-state index contributed by atoms with van der Waals surface area (Å²) in [6.07, 6.45) is 75.3. The minimum Gasteiger partial charge on any atom is -0.462 e. The van der Waals surface area contributed by atoms with Gasteiger partial charge in [-0.25, -0.2) is 0 Å². The Kier molecular flexibility index (Phi) is 53.9. The third kappa shape index (κ3) is 55.1. The second kappa shape index (κ2) is 56.9. The first-order valence-electron chi connectivity index (χ1n) is 28.7. The second-order valence-corrected chi connectivity index (χ2v) is 18.8. The molecular weight excluding hydrogens is 853 g/mol. The van der Waals surface area contributed by atoms with Gasteiger partial charge in [-0.05, 0) is 128 Å². The third-order valence-corrected chi connectivity index (χ3v) is 12.0.